The Bertz CT molecular complexity index is 474. The number of aliphatic hydroxyl groups is 1. The number of anilines is 1. The zero-order valence-corrected chi connectivity index (χ0v) is 10.9. The van der Waals surface area contributed by atoms with Gasteiger partial charge in [0.1, 0.15) is 5.69 Å². The fourth-order valence-corrected chi connectivity index (χ4v) is 1.53. The van der Waals surface area contributed by atoms with Gasteiger partial charge in [0.05, 0.1) is 4.92 Å². The maximum absolute atomic E-state index is 11.7. The van der Waals surface area contributed by atoms with Crippen LogP contribution in [-0.2, 0) is 0 Å². The molecule has 0 aliphatic rings. The Kier molecular flexibility index (Phi) is 5.25. The fourth-order valence-electron chi connectivity index (χ4n) is 1.53. The van der Waals surface area contributed by atoms with E-state index in [1.54, 1.807) is 14.1 Å². The van der Waals surface area contributed by atoms with Crippen molar-refractivity contribution in [1.82, 2.24) is 4.90 Å². The van der Waals surface area contributed by atoms with Crippen LogP contribution >= 0.6 is 0 Å². The third-order valence-corrected chi connectivity index (χ3v) is 2.50. The third-order valence-electron chi connectivity index (χ3n) is 2.50. The van der Waals surface area contributed by atoms with E-state index in [4.69, 9.17) is 5.11 Å². The van der Waals surface area contributed by atoms with Crippen molar-refractivity contribution in [3.8, 4) is 0 Å². The highest BCUT2D eigenvalue weighted by molar-refractivity contribution is 5.95. The highest BCUT2D eigenvalue weighted by Crippen LogP contribution is 2.25. The molecule has 7 heteroatoms. The first-order valence-electron chi connectivity index (χ1n) is 5.82. The second kappa shape index (κ2) is 6.69. The summed E-state index contributed by atoms with van der Waals surface area (Å²) in [5, 5.41) is 22.5. The molecule has 0 bridgehead atoms. The summed E-state index contributed by atoms with van der Waals surface area (Å²) in [6.45, 7) is 0.441. The van der Waals surface area contributed by atoms with E-state index in [0.29, 0.717) is 18.7 Å². The molecule has 1 amide bonds. The second-order valence-corrected chi connectivity index (χ2v) is 4.19. The number of aliphatic hydroxyl groups excluding tert-OH is 1. The summed E-state index contributed by atoms with van der Waals surface area (Å²) in [6, 6.07) is 4.30. The monoisotopic (exact) mass is 267 g/mol. The van der Waals surface area contributed by atoms with E-state index >= 15 is 0 Å². The lowest BCUT2D eigenvalue weighted by molar-refractivity contribution is -0.384. The van der Waals surface area contributed by atoms with Crippen LogP contribution in [0.5, 0.6) is 0 Å². The minimum atomic E-state index is -0.534. The fraction of sp³-hybridized carbons (Fsp3) is 0.417. The van der Waals surface area contributed by atoms with Crippen molar-refractivity contribution in [2.45, 2.75) is 6.42 Å². The number of hydrogen-bond acceptors (Lipinski definition) is 5. The summed E-state index contributed by atoms with van der Waals surface area (Å²) in [6.07, 6.45) is 0.496. The standard InChI is InChI=1S/C12H17N3O4/c1-14(2)12(17)9-4-5-10(13-6-3-7-16)11(8-9)15(18)19/h4-5,8,13,16H,3,6-7H2,1-2H3. The normalized spacial score (nSPS) is 10.1. The first kappa shape index (κ1) is 14.9. The van der Waals surface area contributed by atoms with Crippen LogP contribution in [0.1, 0.15) is 16.8 Å². The Morgan fingerprint density at radius 1 is 1.47 bits per heavy atom. The molecule has 1 aromatic rings. The van der Waals surface area contributed by atoms with Crippen LogP contribution in [0.25, 0.3) is 0 Å². The van der Waals surface area contributed by atoms with Gasteiger partial charge in [-0.3, -0.25) is 14.9 Å². The van der Waals surface area contributed by atoms with E-state index in [-0.39, 0.29) is 23.8 Å². The van der Waals surface area contributed by atoms with Crippen LogP contribution in [0, 0.1) is 10.1 Å². The van der Waals surface area contributed by atoms with Crippen molar-refractivity contribution in [3.63, 3.8) is 0 Å². The van der Waals surface area contributed by atoms with E-state index in [9.17, 15) is 14.9 Å². The molecule has 104 valence electrons. The number of nitrogens with one attached hydrogen (secondary N) is 1. The number of carbonyl (C=O) groups is 1. The van der Waals surface area contributed by atoms with Crippen LogP contribution in [0.15, 0.2) is 18.2 Å². The Morgan fingerprint density at radius 3 is 2.68 bits per heavy atom. The van der Waals surface area contributed by atoms with Gasteiger partial charge in [-0.15, -0.1) is 0 Å². The molecule has 0 saturated heterocycles. The molecule has 2 N–H and O–H groups in total. The van der Waals surface area contributed by atoms with E-state index in [1.165, 1.54) is 23.1 Å². The predicted octanol–water partition coefficient (Wildman–Crippen LogP) is 1.09. The van der Waals surface area contributed by atoms with Crippen LogP contribution in [-0.4, -0.2) is 48.1 Å². The summed E-state index contributed by atoms with van der Waals surface area (Å²) < 4.78 is 0. The molecular formula is C12H17N3O4. The van der Waals surface area contributed by atoms with Gasteiger partial charge in [-0.25, -0.2) is 0 Å². The number of carbonyl (C=O) groups excluding carboxylic acids is 1. The summed E-state index contributed by atoms with van der Waals surface area (Å²) in [5.41, 5.74) is 0.462. The Labute approximate surface area is 111 Å². The minimum absolute atomic E-state index is 0.0119. The number of rotatable bonds is 6. The molecule has 0 aliphatic carbocycles. The van der Waals surface area contributed by atoms with Gasteiger partial charge in [-0.1, -0.05) is 0 Å². The molecule has 0 heterocycles. The molecule has 0 fully saturated rings. The van der Waals surface area contributed by atoms with Crippen molar-refractivity contribution in [2.24, 2.45) is 0 Å². The molecule has 0 aliphatic heterocycles. The first-order valence-corrected chi connectivity index (χ1v) is 5.82. The van der Waals surface area contributed by atoms with Crippen LogP contribution in [0.2, 0.25) is 0 Å². The number of nitrogens with zero attached hydrogens (tertiary/aromatic N) is 2. The van der Waals surface area contributed by atoms with Gasteiger partial charge >= 0.3 is 0 Å². The predicted molar refractivity (Wildman–Crippen MR) is 71.3 cm³/mol. The van der Waals surface area contributed by atoms with E-state index < -0.39 is 4.92 Å². The van der Waals surface area contributed by atoms with Gasteiger partial charge in [-0.2, -0.15) is 0 Å². The second-order valence-electron chi connectivity index (χ2n) is 4.19. The Hall–Kier alpha value is -2.15. The molecule has 19 heavy (non-hydrogen) atoms. The summed E-state index contributed by atoms with van der Waals surface area (Å²) in [5.74, 6) is -0.287. The third kappa shape index (κ3) is 3.92. The molecule has 0 spiro atoms. The lowest BCUT2D eigenvalue weighted by Gasteiger charge is -2.11. The molecule has 1 rings (SSSR count). The molecule has 0 saturated carbocycles. The lowest BCUT2D eigenvalue weighted by Crippen LogP contribution is -2.21. The van der Waals surface area contributed by atoms with Crippen molar-refractivity contribution in [2.75, 3.05) is 32.6 Å². The van der Waals surface area contributed by atoms with Crippen molar-refractivity contribution in [1.29, 1.82) is 0 Å². The first-order chi connectivity index (χ1) is 8.97. The van der Waals surface area contributed by atoms with E-state index in [0.717, 1.165) is 0 Å². The SMILES string of the molecule is CN(C)C(=O)c1ccc(NCCCO)c([N+](=O)[O-])c1. The minimum Gasteiger partial charge on any atom is -0.396 e. The average Bonchev–Trinajstić information content (AvgIpc) is 2.38. The molecule has 0 aromatic heterocycles. The highest BCUT2D eigenvalue weighted by atomic mass is 16.6. The van der Waals surface area contributed by atoms with Gasteiger partial charge in [-0.05, 0) is 18.6 Å². The van der Waals surface area contributed by atoms with Gasteiger partial charge in [0.15, 0.2) is 0 Å². The number of benzene rings is 1. The molecule has 0 unspecified atom stereocenters. The summed E-state index contributed by atoms with van der Waals surface area (Å²) in [4.78, 5) is 23.6. The zero-order chi connectivity index (χ0) is 14.4. The topological polar surface area (TPSA) is 95.7 Å². The molecule has 7 nitrogen and oxygen atoms in total. The Balaban J connectivity index is 3.01. The van der Waals surface area contributed by atoms with Crippen molar-refractivity contribution in [3.05, 3.63) is 33.9 Å². The maximum atomic E-state index is 11.7. The smallest absolute Gasteiger partial charge is 0.293 e. The largest absolute Gasteiger partial charge is 0.396 e. The van der Waals surface area contributed by atoms with Gasteiger partial charge in [0.2, 0.25) is 0 Å². The number of hydrogen-bond donors (Lipinski definition) is 2. The molecular weight excluding hydrogens is 250 g/mol. The molecule has 1 aromatic carbocycles. The van der Waals surface area contributed by atoms with Gasteiger partial charge in [0.25, 0.3) is 11.6 Å². The number of nitro groups is 1. The number of nitro benzene ring substituents is 1. The summed E-state index contributed by atoms with van der Waals surface area (Å²) >= 11 is 0. The maximum Gasteiger partial charge on any atom is 0.293 e. The highest BCUT2D eigenvalue weighted by Gasteiger charge is 2.18. The van der Waals surface area contributed by atoms with E-state index in [1.807, 2.05) is 0 Å². The number of amides is 1. The average molecular weight is 267 g/mol. The van der Waals surface area contributed by atoms with Gasteiger partial charge in [0, 0.05) is 38.9 Å². The van der Waals surface area contributed by atoms with Crippen molar-refractivity contribution >= 4 is 17.3 Å². The van der Waals surface area contributed by atoms with E-state index in [2.05, 4.69) is 5.32 Å². The van der Waals surface area contributed by atoms with Crippen LogP contribution in [0.3, 0.4) is 0 Å². The summed E-state index contributed by atoms with van der Waals surface area (Å²) in [7, 11) is 3.17. The Morgan fingerprint density at radius 2 is 2.16 bits per heavy atom. The molecule has 0 radical (unpaired) electrons. The van der Waals surface area contributed by atoms with Crippen LogP contribution in [0.4, 0.5) is 11.4 Å². The molecule has 0 atom stereocenters. The quantitative estimate of drug-likeness (QED) is 0.457. The van der Waals surface area contributed by atoms with Crippen molar-refractivity contribution < 1.29 is 14.8 Å². The van der Waals surface area contributed by atoms with Gasteiger partial charge < -0.3 is 15.3 Å². The lowest BCUT2D eigenvalue weighted by atomic mass is 10.1. The van der Waals surface area contributed by atoms with Crippen LogP contribution < -0.4 is 5.32 Å². The zero-order valence-electron chi connectivity index (χ0n) is 10.9.